The lowest BCUT2D eigenvalue weighted by atomic mass is 10.3. The van der Waals surface area contributed by atoms with E-state index in [0.29, 0.717) is 12.1 Å². The molecule has 0 aromatic carbocycles. The molecule has 9 heavy (non-hydrogen) atoms. The first-order valence-corrected chi connectivity index (χ1v) is 3.48. The van der Waals surface area contributed by atoms with Crippen LogP contribution in [0.5, 0.6) is 0 Å². The van der Waals surface area contributed by atoms with Gasteiger partial charge in [-0.1, -0.05) is 0 Å². The van der Waals surface area contributed by atoms with Gasteiger partial charge in [0.2, 0.25) is 6.41 Å². The van der Waals surface area contributed by atoms with Gasteiger partial charge in [-0.3, -0.25) is 4.79 Å². The number of nitrogens with zero attached hydrogens (tertiary/aromatic N) is 1. The molecule has 1 rings (SSSR count). The average Bonchev–Trinajstić information content (AvgIpc) is 2.50. The molecule has 1 amide bonds. The van der Waals surface area contributed by atoms with E-state index in [1.807, 2.05) is 18.7 Å². The number of carbonyl (C=O) groups excluding carboxylic acids is 1. The van der Waals surface area contributed by atoms with Crippen molar-refractivity contribution in [2.75, 3.05) is 0 Å². The quantitative estimate of drug-likeness (QED) is 0.518. The Morgan fingerprint density at radius 2 is 2.11 bits per heavy atom. The minimum atomic E-state index is 0.384. The van der Waals surface area contributed by atoms with Crippen LogP contribution >= 0.6 is 0 Å². The van der Waals surface area contributed by atoms with Crippen molar-refractivity contribution in [3.05, 3.63) is 0 Å². The number of hydrogen-bond donors (Lipinski definition) is 0. The molecule has 0 spiro atoms. The van der Waals surface area contributed by atoms with Gasteiger partial charge in [0.15, 0.2) is 0 Å². The van der Waals surface area contributed by atoms with Crippen molar-refractivity contribution in [2.24, 2.45) is 0 Å². The molecule has 1 aliphatic carbocycles. The Balaban J connectivity index is 2.37. The Morgan fingerprint density at radius 1 is 1.56 bits per heavy atom. The minimum absolute atomic E-state index is 0.384. The van der Waals surface area contributed by atoms with Gasteiger partial charge in [-0.2, -0.15) is 0 Å². The SMILES string of the molecule is CC(C)N(C=O)C1CC1. The summed E-state index contributed by atoms with van der Waals surface area (Å²) in [6, 6.07) is 0.956. The summed E-state index contributed by atoms with van der Waals surface area (Å²) in [6.45, 7) is 4.10. The van der Waals surface area contributed by atoms with Crippen molar-refractivity contribution in [2.45, 2.75) is 38.8 Å². The third-order valence-electron chi connectivity index (χ3n) is 1.69. The number of rotatable bonds is 3. The van der Waals surface area contributed by atoms with Gasteiger partial charge in [0, 0.05) is 12.1 Å². The number of carbonyl (C=O) groups is 1. The van der Waals surface area contributed by atoms with E-state index < -0.39 is 0 Å². The summed E-state index contributed by atoms with van der Waals surface area (Å²) in [4.78, 5) is 12.2. The molecule has 0 saturated heterocycles. The topological polar surface area (TPSA) is 20.3 Å². The molecule has 0 unspecified atom stereocenters. The van der Waals surface area contributed by atoms with Gasteiger partial charge < -0.3 is 4.90 Å². The molecule has 0 aromatic rings. The summed E-state index contributed by atoms with van der Waals surface area (Å²) >= 11 is 0. The van der Waals surface area contributed by atoms with E-state index >= 15 is 0 Å². The van der Waals surface area contributed by atoms with Crippen molar-refractivity contribution >= 4 is 6.41 Å². The second-order valence-corrected chi connectivity index (χ2v) is 2.88. The first kappa shape index (κ1) is 6.59. The van der Waals surface area contributed by atoms with Gasteiger partial charge >= 0.3 is 0 Å². The molecule has 0 atom stereocenters. The lowest BCUT2D eigenvalue weighted by Gasteiger charge is -2.20. The predicted octanol–water partition coefficient (Wildman–Crippen LogP) is 1.02. The standard InChI is InChI=1S/C7H13NO/c1-6(2)8(5-9)7-3-4-7/h5-7H,3-4H2,1-2H3. The Hall–Kier alpha value is -0.530. The number of amides is 1. The van der Waals surface area contributed by atoms with Crippen LogP contribution in [0.25, 0.3) is 0 Å². The van der Waals surface area contributed by atoms with Crippen molar-refractivity contribution in [1.29, 1.82) is 0 Å². The second kappa shape index (κ2) is 2.38. The molecule has 0 N–H and O–H groups in total. The molecule has 0 heterocycles. The largest absolute Gasteiger partial charge is 0.340 e. The third kappa shape index (κ3) is 1.44. The lowest BCUT2D eigenvalue weighted by Crippen LogP contribution is -2.31. The van der Waals surface area contributed by atoms with Crippen LogP contribution in [0.15, 0.2) is 0 Å². The zero-order valence-electron chi connectivity index (χ0n) is 6.00. The summed E-state index contributed by atoms with van der Waals surface area (Å²) in [5.41, 5.74) is 0. The van der Waals surface area contributed by atoms with Crippen LogP contribution in [0.4, 0.5) is 0 Å². The Bertz CT molecular complexity index is 105. The van der Waals surface area contributed by atoms with Crippen LogP contribution in [0.2, 0.25) is 0 Å². The summed E-state index contributed by atoms with van der Waals surface area (Å²) < 4.78 is 0. The van der Waals surface area contributed by atoms with E-state index in [1.165, 1.54) is 12.8 Å². The van der Waals surface area contributed by atoms with Gasteiger partial charge in [-0.05, 0) is 26.7 Å². The molecule has 1 aliphatic rings. The van der Waals surface area contributed by atoms with E-state index in [4.69, 9.17) is 0 Å². The average molecular weight is 127 g/mol. The van der Waals surface area contributed by atoms with Crippen molar-refractivity contribution in [3.8, 4) is 0 Å². The molecular weight excluding hydrogens is 114 g/mol. The maximum Gasteiger partial charge on any atom is 0.210 e. The van der Waals surface area contributed by atoms with E-state index in [-0.39, 0.29) is 0 Å². The number of hydrogen-bond acceptors (Lipinski definition) is 1. The monoisotopic (exact) mass is 127 g/mol. The van der Waals surface area contributed by atoms with Gasteiger partial charge in [-0.25, -0.2) is 0 Å². The molecule has 52 valence electrons. The van der Waals surface area contributed by atoms with Gasteiger partial charge in [0.25, 0.3) is 0 Å². The molecule has 2 nitrogen and oxygen atoms in total. The van der Waals surface area contributed by atoms with Crippen molar-refractivity contribution in [1.82, 2.24) is 4.90 Å². The lowest BCUT2D eigenvalue weighted by molar-refractivity contribution is -0.120. The summed E-state index contributed by atoms with van der Waals surface area (Å²) in [5.74, 6) is 0. The van der Waals surface area contributed by atoms with E-state index in [1.54, 1.807) is 0 Å². The molecule has 0 radical (unpaired) electrons. The fraction of sp³-hybridized carbons (Fsp3) is 0.857. The van der Waals surface area contributed by atoms with Gasteiger partial charge in [0.05, 0.1) is 0 Å². The molecule has 0 bridgehead atoms. The van der Waals surface area contributed by atoms with E-state index in [0.717, 1.165) is 6.41 Å². The molecule has 1 saturated carbocycles. The predicted molar refractivity (Wildman–Crippen MR) is 36.1 cm³/mol. The zero-order chi connectivity index (χ0) is 6.85. The summed E-state index contributed by atoms with van der Waals surface area (Å²) in [5, 5.41) is 0. The van der Waals surface area contributed by atoms with Crippen molar-refractivity contribution < 1.29 is 4.79 Å². The highest BCUT2D eigenvalue weighted by Crippen LogP contribution is 2.26. The molecule has 1 fully saturated rings. The molecule has 0 aromatic heterocycles. The van der Waals surface area contributed by atoms with Crippen LogP contribution in [0.1, 0.15) is 26.7 Å². The fourth-order valence-corrected chi connectivity index (χ4v) is 1.00. The highest BCUT2D eigenvalue weighted by atomic mass is 16.1. The van der Waals surface area contributed by atoms with Gasteiger partial charge in [0.1, 0.15) is 0 Å². The van der Waals surface area contributed by atoms with E-state index in [9.17, 15) is 4.79 Å². The van der Waals surface area contributed by atoms with Crippen LogP contribution < -0.4 is 0 Å². The summed E-state index contributed by atoms with van der Waals surface area (Å²) in [7, 11) is 0. The van der Waals surface area contributed by atoms with Crippen LogP contribution in [-0.4, -0.2) is 23.4 Å². The Kier molecular flexibility index (Phi) is 1.74. The fourth-order valence-electron chi connectivity index (χ4n) is 1.00. The van der Waals surface area contributed by atoms with Crippen LogP contribution in [0.3, 0.4) is 0 Å². The van der Waals surface area contributed by atoms with E-state index in [2.05, 4.69) is 0 Å². The zero-order valence-corrected chi connectivity index (χ0v) is 6.00. The van der Waals surface area contributed by atoms with Crippen LogP contribution in [0, 0.1) is 0 Å². The first-order valence-electron chi connectivity index (χ1n) is 3.48. The maximum absolute atomic E-state index is 10.4. The Morgan fingerprint density at radius 3 is 2.22 bits per heavy atom. The van der Waals surface area contributed by atoms with Crippen LogP contribution in [-0.2, 0) is 4.79 Å². The third-order valence-corrected chi connectivity index (χ3v) is 1.69. The van der Waals surface area contributed by atoms with Gasteiger partial charge in [-0.15, -0.1) is 0 Å². The molecular formula is C7H13NO. The highest BCUT2D eigenvalue weighted by molar-refractivity contribution is 5.49. The second-order valence-electron chi connectivity index (χ2n) is 2.88. The Labute approximate surface area is 55.8 Å². The highest BCUT2D eigenvalue weighted by Gasteiger charge is 2.29. The smallest absolute Gasteiger partial charge is 0.210 e. The van der Waals surface area contributed by atoms with Crippen molar-refractivity contribution in [3.63, 3.8) is 0 Å². The molecule has 2 heteroatoms. The first-order chi connectivity index (χ1) is 4.25. The maximum atomic E-state index is 10.4. The minimum Gasteiger partial charge on any atom is -0.340 e. The summed E-state index contributed by atoms with van der Waals surface area (Å²) in [6.07, 6.45) is 3.37. The normalized spacial score (nSPS) is 18.1. The molecule has 0 aliphatic heterocycles.